The van der Waals surface area contributed by atoms with Gasteiger partial charge in [-0.25, -0.2) is 0 Å². The smallest absolute Gasteiger partial charge is 0.155 e. The molecule has 0 amide bonds. The maximum Gasteiger partial charge on any atom is 0.155 e. The fourth-order valence-electron chi connectivity index (χ4n) is 1.10. The Morgan fingerprint density at radius 3 is 1.77 bits per heavy atom. The Morgan fingerprint density at radius 1 is 1.15 bits per heavy atom. The zero-order valence-corrected chi connectivity index (χ0v) is 10.3. The number of carbonyl (C=O) groups excluding carboxylic acids is 1. The normalized spacial score (nSPS) is 15.6. The summed E-state index contributed by atoms with van der Waals surface area (Å²) in [7, 11) is 0. The van der Waals surface area contributed by atoms with Crippen molar-refractivity contribution in [3.63, 3.8) is 0 Å². The zero-order chi connectivity index (χ0) is 10.9. The van der Waals surface area contributed by atoms with E-state index in [2.05, 4.69) is 20.8 Å². The summed E-state index contributed by atoms with van der Waals surface area (Å²) in [6.07, 6.45) is 0.741. The molecule has 0 radical (unpaired) electrons. The Balaban J connectivity index is 4.30. The standard InChI is InChI=1S/C11H21ClO/c1-10(2,3)7-8(12)9(13)11(4,5)6/h8H,7H2,1-6H3. The lowest BCUT2D eigenvalue weighted by atomic mass is 9.82. The molecule has 2 heteroatoms. The van der Waals surface area contributed by atoms with Gasteiger partial charge in [0.05, 0.1) is 5.38 Å². The van der Waals surface area contributed by atoms with Gasteiger partial charge >= 0.3 is 0 Å². The molecular weight excluding hydrogens is 184 g/mol. The van der Waals surface area contributed by atoms with Gasteiger partial charge in [0, 0.05) is 5.41 Å². The summed E-state index contributed by atoms with van der Waals surface area (Å²) in [5, 5.41) is -0.347. The van der Waals surface area contributed by atoms with Crippen molar-refractivity contribution >= 4 is 17.4 Å². The van der Waals surface area contributed by atoms with E-state index in [1.807, 2.05) is 20.8 Å². The molecule has 0 saturated heterocycles. The van der Waals surface area contributed by atoms with Crippen LogP contribution in [-0.4, -0.2) is 11.2 Å². The van der Waals surface area contributed by atoms with Gasteiger partial charge in [-0.05, 0) is 11.8 Å². The van der Waals surface area contributed by atoms with Crippen LogP contribution in [0.2, 0.25) is 0 Å². The number of ketones is 1. The largest absolute Gasteiger partial charge is 0.297 e. The number of halogens is 1. The van der Waals surface area contributed by atoms with E-state index in [9.17, 15) is 4.79 Å². The molecule has 0 aromatic carbocycles. The van der Waals surface area contributed by atoms with Crippen LogP contribution in [0.3, 0.4) is 0 Å². The second-order valence-corrected chi connectivity index (χ2v) is 6.37. The van der Waals surface area contributed by atoms with Crippen LogP contribution in [-0.2, 0) is 4.79 Å². The quantitative estimate of drug-likeness (QED) is 0.628. The Kier molecular flexibility index (Phi) is 3.98. The predicted octanol–water partition coefficient (Wildman–Crippen LogP) is 3.65. The Morgan fingerprint density at radius 2 is 1.54 bits per heavy atom. The van der Waals surface area contributed by atoms with Crippen molar-refractivity contribution in [3.8, 4) is 0 Å². The molecule has 0 heterocycles. The molecule has 13 heavy (non-hydrogen) atoms. The fraction of sp³-hybridized carbons (Fsp3) is 0.909. The van der Waals surface area contributed by atoms with Gasteiger partial charge < -0.3 is 0 Å². The lowest BCUT2D eigenvalue weighted by Gasteiger charge is -2.25. The second-order valence-electron chi connectivity index (χ2n) is 5.85. The molecule has 0 rings (SSSR count). The van der Waals surface area contributed by atoms with Crippen molar-refractivity contribution in [2.45, 2.75) is 53.3 Å². The number of alkyl halides is 1. The molecular formula is C11H21ClO. The van der Waals surface area contributed by atoms with Gasteiger partial charge in [0.1, 0.15) is 0 Å². The second kappa shape index (κ2) is 4.00. The molecule has 0 aliphatic rings. The molecule has 0 aromatic heterocycles. The molecule has 0 bridgehead atoms. The van der Waals surface area contributed by atoms with Gasteiger partial charge in [-0.1, -0.05) is 41.5 Å². The Hall–Kier alpha value is -0.0400. The molecule has 0 aromatic rings. The summed E-state index contributed by atoms with van der Waals surface area (Å²) in [6.45, 7) is 12.0. The number of rotatable bonds is 2. The Labute approximate surface area is 86.9 Å². The van der Waals surface area contributed by atoms with E-state index >= 15 is 0 Å². The van der Waals surface area contributed by atoms with Crippen molar-refractivity contribution in [2.75, 3.05) is 0 Å². The van der Waals surface area contributed by atoms with Gasteiger partial charge in [-0.3, -0.25) is 4.79 Å². The minimum Gasteiger partial charge on any atom is -0.297 e. The molecule has 0 aliphatic carbocycles. The molecule has 0 aliphatic heterocycles. The summed E-state index contributed by atoms with van der Waals surface area (Å²) >= 11 is 6.05. The van der Waals surface area contributed by atoms with Crippen molar-refractivity contribution in [1.82, 2.24) is 0 Å². The van der Waals surface area contributed by atoms with Crippen LogP contribution in [0.25, 0.3) is 0 Å². The van der Waals surface area contributed by atoms with E-state index in [1.165, 1.54) is 0 Å². The highest BCUT2D eigenvalue weighted by atomic mass is 35.5. The van der Waals surface area contributed by atoms with E-state index in [0.717, 1.165) is 6.42 Å². The van der Waals surface area contributed by atoms with E-state index < -0.39 is 0 Å². The average molecular weight is 205 g/mol. The van der Waals surface area contributed by atoms with Crippen LogP contribution in [0.15, 0.2) is 0 Å². The van der Waals surface area contributed by atoms with E-state index in [4.69, 9.17) is 11.6 Å². The number of hydrogen-bond donors (Lipinski definition) is 0. The predicted molar refractivity (Wildman–Crippen MR) is 58.2 cm³/mol. The lowest BCUT2D eigenvalue weighted by molar-refractivity contribution is -0.126. The summed E-state index contributed by atoms with van der Waals surface area (Å²) in [4.78, 5) is 11.7. The van der Waals surface area contributed by atoms with Gasteiger partial charge in [-0.2, -0.15) is 0 Å². The maximum absolute atomic E-state index is 11.7. The highest BCUT2D eigenvalue weighted by Crippen LogP contribution is 2.28. The fourth-order valence-corrected chi connectivity index (χ4v) is 1.89. The monoisotopic (exact) mass is 204 g/mol. The van der Waals surface area contributed by atoms with Crippen molar-refractivity contribution < 1.29 is 4.79 Å². The first-order valence-corrected chi connectivity index (χ1v) is 5.16. The first-order chi connectivity index (χ1) is 5.54. The number of carbonyl (C=O) groups is 1. The SMILES string of the molecule is CC(C)(C)CC(Cl)C(=O)C(C)(C)C. The first kappa shape index (κ1) is 13.0. The zero-order valence-electron chi connectivity index (χ0n) is 9.57. The molecule has 0 saturated carbocycles. The third-order valence-corrected chi connectivity index (χ3v) is 2.17. The van der Waals surface area contributed by atoms with Gasteiger partial charge in [0.25, 0.3) is 0 Å². The van der Waals surface area contributed by atoms with Crippen LogP contribution in [0.1, 0.15) is 48.0 Å². The topological polar surface area (TPSA) is 17.1 Å². The molecule has 0 spiro atoms. The van der Waals surface area contributed by atoms with Crippen LogP contribution in [0.4, 0.5) is 0 Å². The van der Waals surface area contributed by atoms with Crippen molar-refractivity contribution in [3.05, 3.63) is 0 Å². The van der Waals surface area contributed by atoms with Crippen molar-refractivity contribution in [2.24, 2.45) is 10.8 Å². The molecule has 0 fully saturated rings. The summed E-state index contributed by atoms with van der Waals surface area (Å²) in [5.41, 5.74) is -0.203. The number of Topliss-reactive ketones (excluding diaryl/α,β-unsaturated/α-hetero) is 1. The van der Waals surface area contributed by atoms with E-state index in [1.54, 1.807) is 0 Å². The van der Waals surface area contributed by atoms with Gasteiger partial charge in [0.2, 0.25) is 0 Å². The van der Waals surface area contributed by atoms with Gasteiger partial charge in [0.15, 0.2) is 5.78 Å². The van der Waals surface area contributed by atoms with Crippen LogP contribution < -0.4 is 0 Å². The first-order valence-electron chi connectivity index (χ1n) is 4.72. The summed E-state index contributed by atoms with van der Waals surface area (Å²) < 4.78 is 0. The molecule has 1 unspecified atom stereocenters. The molecule has 1 nitrogen and oxygen atoms in total. The van der Waals surface area contributed by atoms with E-state index in [-0.39, 0.29) is 22.0 Å². The third-order valence-electron chi connectivity index (χ3n) is 1.82. The van der Waals surface area contributed by atoms with Crippen LogP contribution in [0.5, 0.6) is 0 Å². The molecule has 78 valence electrons. The molecule has 0 N–H and O–H groups in total. The average Bonchev–Trinajstić information content (AvgIpc) is 1.79. The maximum atomic E-state index is 11.7. The van der Waals surface area contributed by atoms with Crippen LogP contribution in [0, 0.1) is 10.8 Å². The van der Waals surface area contributed by atoms with Crippen molar-refractivity contribution in [1.29, 1.82) is 0 Å². The van der Waals surface area contributed by atoms with Gasteiger partial charge in [-0.15, -0.1) is 11.6 Å². The minimum atomic E-state index is -0.347. The van der Waals surface area contributed by atoms with Crippen LogP contribution >= 0.6 is 11.6 Å². The lowest BCUT2D eigenvalue weighted by Crippen LogP contribution is -2.31. The number of hydrogen-bond acceptors (Lipinski definition) is 1. The minimum absolute atomic E-state index is 0.118. The highest BCUT2D eigenvalue weighted by Gasteiger charge is 2.30. The molecule has 1 atom stereocenters. The third kappa shape index (κ3) is 5.30. The summed E-state index contributed by atoms with van der Waals surface area (Å²) in [5.74, 6) is 0.143. The summed E-state index contributed by atoms with van der Waals surface area (Å²) in [6, 6.07) is 0. The highest BCUT2D eigenvalue weighted by molar-refractivity contribution is 6.31. The Bertz CT molecular complexity index is 183. The van der Waals surface area contributed by atoms with E-state index in [0.29, 0.717) is 0 Å².